The molecule has 4 nitrogen and oxygen atoms in total. The van der Waals surface area contributed by atoms with E-state index in [2.05, 4.69) is 10.5 Å². The van der Waals surface area contributed by atoms with Gasteiger partial charge in [0.15, 0.2) is 0 Å². The second kappa shape index (κ2) is 7.85. The van der Waals surface area contributed by atoms with Crippen LogP contribution in [0, 0.1) is 0 Å². The van der Waals surface area contributed by atoms with Gasteiger partial charge in [0, 0.05) is 12.2 Å². The highest BCUT2D eigenvalue weighted by molar-refractivity contribution is 5.84. The van der Waals surface area contributed by atoms with Crippen molar-refractivity contribution in [2.24, 2.45) is 5.10 Å². The second-order valence-corrected chi connectivity index (χ2v) is 4.55. The lowest BCUT2D eigenvalue weighted by molar-refractivity contribution is -0.119. The molecule has 0 saturated carbocycles. The first-order valence-corrected chi connectivity index (χ1v) is 6.96. The van der Waals surface area contributed by atoms with E-state index in [1.165, 1.54) is 0 Å². The molecule has 0 spiro atoms. The minimum atomic E-state index is -0.132. The van der Waals surface area contributed by atoms with E-state index >= 15 is 0 Å². The summed E-state index contributed by atoms with van der Waals surface area (Å²) in [6.45, 7) is 3.07. The molecule has 0 aliphatic heterocycles. The minimum Gasteiger partial charge on any atom is -0.362 e. The van der Waals surface area contributed by atoms with Crippen molar-refractivity contribution >= 4 is 17.8 Å². The number of para-hydroxylation sites is 1. The summed E-state index contributed by atoms with van der Waals surface area (Å²) >= 11 is 0. The van der Waals surface area contributed by atoms with Crippen molar-refractivity contribution in [1.82, 2.24) is 5.43 Å². The number of carbonyl (C=O) groups excluding carboxylic acids is 1. The van der Waals surface area contributed by atoms with Gasteiger partial charge in [0.1, 0.15) is 0 Å². The normalized spacial score (nSPS) is 10.5. The summed E-state index contributed by atoms with van der Waals surface area (Å²) in [5.74, 6) is -0.132. The van der Waals surface area contributed by atoms with E-state index in [-0.39, 0.29) is 12.5 Å². The van der Waals surface area contributed by atoms with Crippen LogP contribution in [0.25, 0.3) is 0 Å². The van der Waals surface area contributed by atoms with Crippen LogP contribution in [-0.4, -0.2) is 25.2 Å². The average Bonchev–Trinajstić information content (AvgIpc) is 2.54. The summed E-state index contributed by atoms with van der Waals surface area (Å²) < 4.78 is 0. The third-order valence-electron chi connectivity index (χ3n) is 3.04. The maximum absolute atomic E-state index is 11.9. The van der Waals surface area contributed by atoms with E-state index in [9.17, 15) is 4.79 Å². The van der Waals surface area contributed by atoms with E-state index in [4.69, 9.17) is 0 Å². The Hall–Kier alpha value is -2.62. The Morgan fingerprint density at radius 1 is 1.10 bits per heavy atom. The molecule has 2 rings (SSSR count). The Labute approximate surface area is 125 Å². The van der Waals surface area contributed by atoms with E-state index < -0.39 is 0 Å². The molecule has 0 aliphatic carbocycles. The van der Waals surface area contributed by atoms with Crippen molar-refractivity contribution in [3.8, 4) is 0 Å². The first-order chi connectivity index (χ1) is 10.3. The maximum Gasteiger partial charge on any atom is 0.259 e. The molecule has 0 unspecified atom stereocenters. The Morgan fingerprint density at radius 2 is 1.71 bits per heavy atom. The van der Waals surface area contributed by atoms with Gasteiger partial charge in [-0.1, -0.05) is 48.5 Å². The predicted octanol–water partition coefficient (Wildman–Crippen LogP) is 2.66. The van der Waals surface area contributed by atoms with Crippen LogP contribution in [-0.2, 0) is 4.79 Å². The number of benzene rings is 2. The Morgan fingerprint density at radius 3 is 2.33 bits per heavy atom. The number of likely N-dealkylation sites (N-methyl/N-ethyl adjacent to an activating group) is 1. The van der Waals surface area contributed by atoms with Crippen LogP contribution in [0.15, 0.2) is 65.8 Å². The molecule has 0 aliphatic rings. The first-order valence-electron chi connectivity index (χ1n) is 6.96. The number of amides is 1. The molecule has 0 atom stereocenters. The number of carbonyl (C=O) groups is 1. The lowest BCUT2D eigenvalue weighted by Crippen LogP contribution is -2.35. The molecule has 2 aromatic rings. The van der Waals surface area contributed by atoms with Crippen molar-refractivity contribution in [1.29, 1.82) is 0 Å². The predicted molar refractivity (Wildman–Crippen MR) is 86.5 cm³/mol. The van der Waals surface area contributed by atoms with Crippen molar-refractivity contribution < 1.29 is 4.79 Å². The third kappa shape index (κ3) is 4.76. The third-order valence-corrected chi connectivity index (χ3v) is 3.04. The first kappa shape index (κ1) is 14.8. The molecular weight excluding hydrogens is 262 g/mol. The van der Waals surface area contributed by atoms with E-state index in [1.807, 2.05) is 72.5 Å². The molecule has 0 fully saturated rings. The number of nitrogens with one attached hydrogen (secondary N) is 1. The molecule has 21 heavy (non-hydrogen) atoms. The van der Waals surface area contributed by atoms with Crippen molar-refractivity contribution in [2.45, 2.75) is 6.92 Å². The highest BCUT2D eigenvalue weighted by atomic mass is 16.2. The monoisotopic (exact) mass is 281 g/mol. The topological polar surface area (TPSA) is 44.7 Å². The van der Waals surface area contributed by atoms with Gasteiger partial charge >= 0.3 is 0 Å². The molecule has 0 heterocycles. The van der Waals surface area contributed by atoms with Crippen LogP contribution in [0.5, 0.6) is 0 Å². The lowest BCUT2D eigenvalue weighted by atomic mass is 10.2. The van der Waals surface area contributed by atoms with Gasteiger partial charge in [-0.2, -0.15) is 5.10 Å². The molecular formula is C17H19N3O. The minimum absolute atomic E-state index is 0.132. The molecule has 0 bridgehead atoms. The fourth-order valence-corrected chi connectivity index (χ4v) is 1.95. The number of anilines is 1. The zero-order valence-corrected chi connectivity index (χ0v) is 12.1. The highest BCUT2D eigenvalue weighted by Crippen LogP contribution is 2.11. The quantitative estimate of drug-likeness (QED) is 0.653. The van der Waals surface area contributed by atoms with Crippen molar-refractivity contribution in [2.75, 3.05) is 18.0 Å². The molecule has 2 aromatic carbocycles. The van der Waals surface area contributed by atoms with Crippen LogP contribution in [0.1, 0.15) is 12.5 Å². The van der Waals surface area contributed by atoms with Gasteiger partial charge in [0.25, 0.3) is 5.91 Å². The van der Waals surface area contributed by atoms with Crippen molar-refractivity contribution in [3.63, 3.8) is 0 Å². The zero-order chi connectivity index (χ0) is 14.9. The largest absolute Gasteiger partial charge is 0.362 e. The summed E-state index contributed by atoms with van der Waals surface area (Å²) in [6.07, 6.45) is 1.64. The molecule has 0 radical (unpaired) electrons. The molecule has 1 amide bonds. The van der Waals surface area contributed by atoms with Gasteiger partial charge in [0.05, 0.1) is 12.8 Å². The summed E-state index contributed by atoms with van der Waals surface area (Å²) in [4.78, 5) is 13.9. The molecule has 4 heteroatoms. The smallest absolute Gasteiger partial charge is 0.259 e. The van der Waals surface area contributed by atoms with E-state index in [1.54, 1.807) is 6.21 Å². The molecule has 1 N–H and O–H groups in total. The van der Waals surface area contributed by atoms with Gasteiger partial charge in [0.2, 0.25) is 0 Å². The number of rotatable bonds is 6. The maximum atomic E-state index is 11.9. The van der Waals surface area contributed by atoms with Crippen LogP contribution >= 0.6 is 0 Å². The number of hydrogen-bond donors (Lipinski definition) is 1. The van der Waals surface area contributed by atoms with Gasteiger partial charge in [-0.05, 0) is 24.6 Å². The SMILES string of the molecule is CCN(CC(=O)N/N=C\c1ccccc1)c1ccccc1. The average molecular weight is 281 g/mol. The second-order valence-electron chi connectivity index (χ2n) is 4.55. The summed E-state index contributed by atoms with van der Waals surface area (Å²) in [5.41, 5.74) is 4.54. The summed E-state index contributed by atoms with van der Waals surface area (Å²) in [7, 11) is 0. The van der Waals surface area contributed by atoms with Crippen LogP contribution in [0.2, 0.25) is 0 Å². The zero-order valence-electron chi connectivity index (χ0n) is 12.1. The Bertz CT molecular complexity index is 581. The number of nitrogens with zero attached hydrogens (tertiary/aromatic N) is 2. The summed E-state index contributed by atoms with van der Waals surface area (Å²) in [6, 6.07) is 19.5. The lowest BCUT2D eigenvalue weighted by Gasteiger charge is -2.21. The summed E-state index contributed by atoms with van der Waals surface area (Å²) in [5, 5.41) is 3.97. The van der Waals surface area contributed by atoms with Crippen LogP contribution in [0.3, 0.4) is 0 Å². The van der Waals surface area contributed by atoms with Gasteiger partial charge in [-0.3, -0.25) is 4.79 Å². The number of hydrazone groups is 1. The van der Waals surface area contributed by atoms with Gasteiger partial charge in [-0.15, -0.1) is 0 Å². The van der Waals surface area contributed by atoms with Gasteiger partial charge < -0.3 is 4.90 Å². The fourth-order valence-electron chi connectivity index (χ4n) is 1.95. The van der Waals surface area contributed by atoms with Gasteiger partial charge in [-0.25, -0.2) is 5.43 Å². The molecule has 0 saturated heterocycles. The van der Waals surface area contributed by atoms with E-state index in [0.717, 1.165) is 17.8 Å². The highest BCUT2D eigenvalue weighted by Gasteiger charge is 2.08. The molecule has 108 valence electrons. The Balaban J connectivity index is 1.87. The number of hydrogen-bond acceptors (Lipinski definition) is 3. The van der Waals surface area contributed by atoms with Crippen LogP contribution < -0.4 is 10.3 Å². The standard InChI is InChI=1S/C17H19N3O/c1-2-20(16-11-7-4-8-12-16)14-17(21)19-18-13-15-9-5-3-6-10-15/h3-13H,2,14H2,1H3,(H,19,21)/b18-13-. The van der Waals surface area contributed by atoms with E-state index in [0.29, 0.717) is 0 Å². The Kier molecular flexibility index (Phi) is 5.52. The van der Waals surface area contributed by atoms with Crippen LogP contribution in [0.4, 0.5) is 5.69 Å². The molecule has 0 aromatic heterocycles. The van der Waals surface area contributed by atoms with Crippen molar-refractivity contribution in [3.05, 3.63) is 66.2 Å². The fraction of sp³-hybridized carbons (Fsp3) is 0.176.